The van der Waals surface area contributed by atoms with Gasteiger partial charge in [-0.2, -0.15) is 0 Å². The molecule has 8 heteroatoms. The molecule has 1 aliphatic rings. The highest BCUT2D eigenvalue weighted by Crippen LogP contribution is 2.27. The molecule has 3 rings (SSSR count). The Balaban J connectivity index is 1.57. The van der Waals surface area contributed by atoms with Crippen LogP contribution in [0.15, 0.2) is 29.6 Å². The van der Waals surface area contributed by atoms with Crippen LogP contribution in [-0.4, -0.2) is 69.0 Å². The molecular formula is C18H26N6O2. The van der Waals surface area contributed by atoms with E-state index in [0.717, 1.165) is 44.4 Å². The smallest absolute Gasteiger partial charge is 0.273 e. The predicted octanol–water partition coefficient (Wildman–Crippen LogP) is 0.938. The van der Waals surface area contributed by atoms with Gasteiger partial charge in [-0.05, 0) is 39.9 Å². The van der Waals surface area contributed by atoms with E-state index in [0.29, 0.717) is 19.0 Å². The van der Waals surface area contributed by atoms with E-state index in [-0.39, 0.29) is 17.2 Å². The number of aromatic nitrogens is 4. The molecule has 0 spiro atoms. The third-order valence-electron chi connectivity index (χ3n) is 4.79. The number of imidazole rings is 1. The SMILES string of the molecule is CN(C)CCCn1ccnc1C1CCN(C(=O)c2c[nH]c(=O)cn2)CC1. The van der Waals surface area contributed by atoms with Crippen molar-refractivity contribution in [1.82, 2.24) is 29.3 Å². The Kier molecular flexibility index (Phi) is 5.82. The largest absolute Gasteiger partial charge is 0.337 e. The first-order valence-corrected chi connectivity index (χ1v) is 9.04. The van der Waals surface area contributed by atoms with Crippen molar-refractivity contribution in [2.24, 2.45) is 0 Å². The maximum atomic E-state index is 12.5. The number of amides is 1. The summed E-state index contributed by atoms with van der Waals surface area (Å²) >= 11 is 0. The normalized spacial score (nSPS) is 15.6. The molecule has 0 bridgehead atoms. The minimum atomic E-state index is -0.304. The van der Waals surface area contributed by atoms with Crippen LogP contribution < -0.4 is 5.56 Å². The maximum absolute atomic E-state index is 12.5. The van der Waals surface area contributed by atoms with Crippen LogP contribution in [0.25, 0.3) is 0 Å². The van der Waals surface area contributed by atoms with Crippen molar-refractivity contribution >= 4 is 5.91 Å². The van der Waals surface area contributed by atoms with Crippen molar-refractivity contribution in [3.8, 4) is 0 Å². The molecule has 1 fully saturated rings. The first-order chi connectivity index (χ1) is 12.5. The van der Waals surface area contributed by atoms with Gasteiger partial charge in [0.05, 0.1) is 6.20 Å². The quantitative estimate of drug-likeness (QED) is 0.830. The zero-order valence-electron chi connectivity index (χ0n) is 15.4. The lowest BCUT2D eigenvalue weighted by Crippen LogP contribution is -2.39. The first-order valence-electron chi connectivity index (χ1n) is 9.04. The van der Waals surface area contributed by atoms with Crippen molar-refractivity contribution in [1.29, 1.82) is 0 Å². The number of piperidine rings is 1. The van der Waals surface area contributed by atoms with Gasteiger partial charge in [0.1, 0.15) is 11.5 Å². The van der Waals surface area contributed by atoms with Gasteiger partial charge in [0.25, 0.3) is 11.5 Å². The Bertz CT molecular complexity index is 768. The van der Waals surface area contributed by atoms with Gasteiger partial charge in [0, 0.05) is 44.1 Å². The Hall–Kier alpha value is -2.48. The third kappa shape index (κ3) is 4.37. The Labute approximate surface area is 152 Å². The first kappa shape index (κ1) is 18.3. The van der Waals surface area contributed by atoms with Crippen molar-refractivity contribution in [3.63, 3.8) is 0 Å². The summed E-state index contributed by atoms with van der Waals surface area (Å²) in [6.07, 6.45) is 9.31. The minimum absolute atomic E-state index is 0.131. The predicted molar refractivity (Wildman–Crippen MR) is 98.1 cm³/mol. The van der Waals surface area contributed by atoms with E-state index >= 15 is 0 Å². The van der Waals surface area contributed by atoms with Crippen LogP contribution in [0.2, 0.25) is 0 Å². The molecule has 2 aromatic rings. The molecular weight excluding hydrogens is 332 g/mol. The Morgan fingerprint density at radius 2 is 2.08 bits per heavy atom. The van der Waals surface area contributed by atoms with Gasteiger partial charge < -0.3 is 19.4 Å². The summed E-state index contributed by atoms with van der Waals surface area (Å²) in [6, 6.07) is 0. The van der Waals surface area contributed by atoms with Gasteiger partial charge in [-0.1, -0.05) is 0 Å². The number of aromatic amines is 1. The topological polar surface area (TPSA) is 87.1 Å². The summed E-state index contributed by atoms with van der Waals surface area (Å²) in [4.78, 5) is 38.6. The lowest BCUT2D eigenvalue weighted by Gasteiger charge is -2.31. The highest BCUT2D eigenvalue weighted by Gasteiger charge is 2.27. The number of carbonyl (C=O) groups excluding carboxylic acids is 1. The molecule has 0 saturated carbocycles. The number of carbonyl (C=O) groups is 1. The van der Waals surface area contributed by atoms with E-state index < -0.39 is 0 Å². The van der Waals surface area contributed by atoms with Crippen molar-refractivity contribution in [2.75, 3.05) is 33.7 Å². The molecule has 2 aromatic heterocycles. The highest BCUT2D eigenvalue weighted by molar-refractivity contribution is 5.92. The number of hydrogen-bond acceptors (Lipinski definition) is 5. The molecule has 0 radical (unpaired) electrons. The average Bonchev–Trinajstić information content (AvgIpc) is 3.10. The summed E-state index contributed by atoms with van der Waals surface area (Å²) in [5.74, 6) is 1.36. The Morgan fingerprint density at radius 1 is 1.31 bits per heavy atom. The van der Waals surface area contributed by atoms with E-state index in [1.807, 2.05) is 12.4 Å². The van der Waals surface area contributed by atoms with E-state index in [4.69, 9.17) is 0 Å². The zero-order valence-corrected chi connectivity index (χ0v) is 15.4. The second kappa shape index (κ2) is 8.27. The molecule has 0 aromatic carbocycles. The van der Waals surface area contributed by atoms with Crippen LogP contribution in [0.1, 0.15) is 41.5 Å². The molecule has 1 amide bonds. The van der Waals surface area contributed by atoms with Crippen LogP contribution in [-0.2, 0) is 6.54 Å². The lowest BCUT2D eigenvalue weighted by atomic mass is 9.95. The van der Waals surface area contributed by atoms with Crippen LogP contribution in [0, 0.1) is 0 Å². The monoisotopic (exact) mass is 358 g/mol. The summed E-state index contributed by atoms with van der Waals surface area (Å²) in [5.41, 5.74) is -0.0189. The van der Waals surface area contributed by atoms with E-state index in [2.05, 4.69) is 38.5 Å². The van der Waals surface area contributed by atoms with Gasteiger partial charge in [-0.25, -0.2) is 9.97 Å². The van der Waals surface area contributed by atoms with Gasteiger partial charge >= 0.3 is 0 Å². The van der Waals surface area contributed by atoms with Crippen molar-refractivity contribution < 1.29 is 4.79 Å². The second-order valence-electron chi connectivity index (χ2n) is 7.00. The molecule has 1 saturated heterocycles. The van der Waals surface area contributed by atoms with Gasteiger partial charge in [0.15, 0.2) is 0 Å². The van der Waals surface area contributed by atoms with Crippen LogP contribution in [0.3, 0.4) is 0 Å². The summed E-state index contributed by atoms with van der Waals surface area (Å²) in [6.45, 7) is 3.37. The summed E-state index contributed by atoms with van der Waals surface area (Å²) in [5, 5.41) is 0. The van der Waals surface area contributed by atoms with Gasteiger partial charge in [-0.3, -0.25) is 9.59 Å². The fraction of sp³-hybridized carbons (Fsp3) is 0.556. The third-order valence-corrected chi connectivity index (χ3v) is 4.79. The van der Waals surface area contributed by atoms with Gasteiger partial charge in [0.2, 0.25) is 0 Å². The molecule has 1 N–H and O–H groups in total. The summed E-state index contributed by atoms with van der Waals surface area (Å²) in [7, 11) is 4.16. The Morgan fingerprint density at radius 3 is 2.73 bits per heavy atom. The number of aryl methyl sites for hydroxylation is 1. The number of nitrogens with one attached hydrogen (secondary N) is 1. The van der Waals surface area contributed by atoms with Crippen LogP contribution in [0.5, 0.6) is 0 Å². The highest BCUT2D eigenvalue weighted by atomic mass is 16.2. The number of likely N-dealkylation sites (tertiary alicyclic amines) is 1. The zero-order chi connectivity index (χ0) is 18.5. The number of H-pyrrole nitrogens is 1. The molecule has 3 heterocycles. The van der Waals surface area contributed by atoms with E-state index in [1.165, 1.54) is 6.20 Å². The van der Waals surface area contributed by atoms with E-state index in [9.17, 15) is 9.59 Å². The van der Waals surface area contributed by atoms with Crippen LogP contribution in [0.4, 0.5) is 0 Å². The molecule has 140 valence electrons. The average molecular weight is 358 g/mol. The minimum Gasteiger partial charge on any atom is -0.337 e. The molecule has 0 unspecified atom stereocenters. The number of nitrogens with zero attached hydrogens (tertiary/aromatic N) is 5. The number of hydrogen-bond donors (Lipinski definition) is 1. The maximum Gasteiger partial charge on any atom is 0.273 e. The molecule has 26 heavy (non-hydrogen) atoms. The van der Waals surface area contributed by atoms with Crippen LogP contribution >= 0.6 is 0 Å². The fourth-order valence-corrected chi connectivity index (χ4v) is 3.39. The standard InChI is InChI=1S/C18H26N6O2/c1-22(2)7-3-8-23-11-6-19-17(23)14-4-9-24(10-5-14)18(26)15-12-21-16(25)13-20-15/h6,11-14H,3-5,7-10H2,1-2H3,(H,21,25). The second-order valence-corrected chi connectivity index (χ2v) is 7.00. The fourth-order valence-electron chi connectivity index (χ4n) is 3.39. The summed E-state index contributed by atoms with van der Waals surface area (Å²) < 4.78 is 2.25. The molecule has 8 nitrogen and oxygen atoms in total. The van der Waals surface area contributed by atoms with Gasteiger partial charge in [-0.15, -0.1) is 0 Å². The molecule has 1 aliphatic heterocycles. The lowest BCUT2D eigenvalue weighted by molar-refractivity contribution is 0.0703. The number of rotatable bonds is 6. The van der Waals surface area contributed by atoms with E-state index in [1.54, 1.807) is 4.90 Å². The van der Waals surface area contributed by atoms with Crippen molar-refractivity contribution in [3.05, 3.63) is 46.7 Å². The molecule has 0 atom stereocenters. The molecule has 0 aliphatic carbocycles. The van der Waals surface area contributed by atoms with Crippen molar-refractivity contribution in [2.45, 2.75) is 31.7 Å².